The van der Waals surface area contributed by atoms with Crippen molar-refractivity contribution in [2.75, 3.05) is 25.9 Å². The Morgan fingerprint density at radius 1 is 1.26 bits per heavy atom. The van der Waals surface area contributed by atoms with E-state index in [0.29, 0.717) is 10.00 Å². The van der Waals surface area contributed by atoms with Gasteiger partial charge in [-0.25, -0.2) is 21.8 Å². The number of benzene rings is 1. The Morgan fingerprint density at radius 2 is 1.93 bits per heavy atom. The van der Waals surface area contributed by atoms with E-state index in [-0.39, 0.29) is 17.4 Å². The molecular weight excluding hydrogens is 412 g/mol. The zero-order chi connectivity index (χ0) is 19.9. The van der Waals surface area contributed by atoms with Crippen LogP contribution in [0.5, 0.6) is 0 Å². The summed E-state index contributed by atoms with van der Waals surface area (Å²) in [5.41, 5.74) is 6.53. The summed E-state index contributed by atoms with van der Waals surface area (Å²) in [7, 11) is -8.55. The molecule has 2 heterocycles. The Kier molecular flexibility index (Phi) is 5.12. The van der Waals surface area contributed by atoms with E-state index in [1.165, 1.54) is 0 Å². The first-order valence-electron chi connectivity index (χ1n) is 7.85. The van der Waals surface area contributed by atoms with Crippen LogP contribution in [0.2, 0.25) is 0 Å². The predicted molar refractivity (Wildman–Crippen MR) is 101 cm³/mol. The summed E-state index contributed by atoms with van der Waals surface area (Å²) in [4.78, 5) is 13.9. The van der Waals surface area contributed by atoms with Crippen molar-refractivity contribution in [1.29, 1.82) is 0 Å². The Morgan fingerprint density at radius 3 is 2.52 bits per heavy atom. The second-order valence-electron chi connectivity index (χ2n) is 6.04. The van der Waals surface area contributed by atoms with Crippen LogP contribution in [-0.2, 0) is 24.7 Å². The van der Waals surface area contributed by atoms with Gasteiger partial charge >= 0.3 is 0 Å². The first-order valence-corrected chi connectivity index (χ1v) is 12.1. The smallest absolute Gasteiger partial charge is 0.272 e. The number of sulfone groups is 1. The summed E-state index contributed by atoms with van der Waals surface area (Å²) >= 11 is 0.860. The number of aromatic nitrogens is 1. The Balaban J connectivity index is 2.10. The topological polar surface area (TPSA) is 140 Å². The molecule has 1 amide bonds. The van der Waals surface area contributed by atoms with Crippen LogP contribution in [0.15, 0.2) is 40.1 Å². The number of nitrogens with two attached hydrogens (primary N) is 1. The summed E-state index contributed by atoms with van der Waals surface area (Å²) in [6.07, 6.45) is 0.796. The molecule has 2 aromatic rings. The van der Waals surface area contributed by atoms with E-state index in [1.54, 1.807) is 29.6 Å². The van der Waals surface area contributed by atoms with Crippen LogP contribution in [0.25, 0.3) is 11.3 Å². The highest BCUT2D eigenvalue weighted by Gasteiger charge is 2.58. The van der Waals surface area contributed by atoms with Gasteiger partial charge < -0.3 is 11.1 Å². The number of nitrogens with one attached hydrogen (secondary N) is 1. The first kappa shape index (κ1) is 19.9. The molecule has 0 aliphatic carbocycles. The second-order valence-corrected chi connectivity index (χ2v) is 11.2. The molecule has 3 N–H and O–H groups in total. The fraction of sp³-hybridized carbons (Fsp3) is 0.333. The number of hydrogen-bond acceptors (Lipinski definition) is 8. The third-order valence-electron chi connectivity index (χ3n) is 4.32. The molecule has 1 aromatic carbocycles. The number of amides is 1. The minimum Gasteiger partial charge on any atom is -0.367 e. The number of piperazine rings is 1. The van der Waals surface area contributed by atoms with Crippen molar-refractivity contribution in [3.8, 4) is 11.3 Å². The number of primary amides is 1. The van der Waals surface area contributed by atoms with E-state index < -0.39 is 37.2 Å². The average Bonchev–Trinajstić information content (AvgIpc) is 3.12. The van der Waals surface area contributed by atoms with Gasteiger partial charge in [-0.05, 0) is 0 Å². The average molecular weight is 431 g/mol. The first-order chi connectivity index (χ1) is 12.6. The van der Waals surface area contributed by atoms with E-state index in [0.717, 1.165) is 23.2 Å². The zero-order valence-electron chi connectivity index (χ0n) is 14.3. The van der Waals surface area contributed by atoms with Gasteiger partial charge in [-0.2, -0.15) is 4.31 Å². The fourth-order valence-corrected chi connectivity index (χ4v) is 7.56. The highest BCUT2D eigenvalue weighted by molar-refractivity contribution is 7.95. The molecule has 146 valence electrons. The Labute approximate surface area is 161 Å². The molecule has 3 rings (SSSR count). The standard InChI is InChI=1S/C15H18N4O5S3/c1-26(21,22)15(13(16)20)10-17-7-8-19(15)27(23,24)14-18-12(9-25-14)11-5-3-2-4-6-11/h2-6,9,17H,7-8,10H2,1H3,(H2,16,20). The van der Waals surface area contributed by atoms with E-state index in [2.05, 4.69) is 10.3 Å². The number of carbonyl (C=O) groups is 1. The molecule has 0 saturated carbocycles. The van der Waals surface area contributed by atoms with Crippen molar-refractivity contribution >= 4 is 37.1 Å². The lowest BCUT2D eigenvalue weighted by Gasteiger charge is -2.41. The predicted octanol–water partition coefficient (Wildman–Crippen LogP) is -0.370. The Hall–Kier alpha value is -1.86. The molecule has 27 heavy (non-hydrogen) atoms. The molecular formula is C15H18N4O5S3. The van der Waals surface area contributed by atoms with Crippen molar-refractivity contribution in [3.63, 3.8) is 0 Å². The lowest BCUT2D eigenvalue weighted by molar-refractivity contribution is -0.123. The summed E-state index contributed by atoms with van der Waals surface area (Å²) in [6.45, 7) is -0.462. The van der Waals surface area contributed by atoms with Crippen LogP contribution in [0, 0.1) is 0 Å². The molecule has 0 radical (unpaired) electrons. The molecule has 0 bridgehead atoms. The zero-order valence-corrected chi connectivity index (χ0v) is 16.8. The molecule has 0 spiro atoms. The fourth-order valence-electron chi connectivity index (χ4n) is 2.94. The summed E-state index contributed by atoms with van der Waals surface area (Å²) in [5, 5.41) is 4.31. The molecule has 1 saturated heterocycles. The van der Waals surface area contributed by atoms with Crippen LogP contribution < -0.4 is 11.1 Å². The van der Waals surface area contributed by atoms with Gasteiger partial charge in [0.2, 0.25) is 9.21 Å². The van der Waals surface area contributed by atoms with Crippen molar-refractivity contribution in [3.05, 3.63) is 35.7 Å². The van der Waals surface area contributed by atoms with Gasteiger partial charge in [-0.1, -0.05) is 30.3 Å². The summed E-state index contributed by atoms with van der Waals surface area (Å²) in [6, 6.07) is 8.96. The van der Waals surface area contributed by atoms with E-state index in [1.807, 2.05) is 6.07 Å². The molecule has 9 nitrogen and oxygen atoms in total. The molecule has 1 aliphatic heterocycles. The normalized spacial score (nSPS) is 21.8. The number of thiazole rings is 1. The number of nitrogens with zero attached hydrogens (tertiary/aromatic N) is 2. The van der Waals surface area contributed by atoms with Crippen molar-refractivity contribution < 1.29 is 21.6 Å². The van der Waals surface area contributed by atoms with Crippen LogP contribution in [0.3, 0.4) is 0 Å². The largest absolute Gasteiger partial charge is 0.367 e. The quantitative estimate of drug-likeness (QED) is 0.659. The van der Waals surface area contributed by atoms with E-state index in [4.69, 9.17) is 5.73 Å². The number of rotatable bonds is 5. The van der Waals surface area contributed by atoms with Gasteiger partial charge in [-0.15, -0.1) is 11.3 Å². The number of hydrogen-bond donors (Lipinski definition) is 2. The van der Waals surface area contributed by atoms with E-state index >= 15 is 0 Å². The summed E-state index contributed by atoms with van der Waals surface area (Å²) in [5.74, 6) is -1.25. The summed E-state index contributed by atoms with van der Waals surface area (Å²) < 4.78 is 51.5. The molecule has 1 aliphatic rings. The minimum atomic E-state index is -4.36. The van der Waals surface area contributed by atoms with Gasteiger partial charge in [0.15, 0.2) is 9.84 Å². The monoisotopic (exact) mass is 430 g/mol. The molecule has 1 aromatic heterocycles. The molecule has 1 atom stereocenters. The van der Waals surface area contributed by atoms with Crippen molar-refractivity contribution in [1.82, 2.24) is 14.6 Å². The van der Waals surface area contributed by atoms with Crippen LogP contribution in [-0.4, -0.2) is 62.8 Å². The lowest BCUT2D eigenvalue weighted by atomic mass is 10.2. The SMILES string of the molecule is CS(=O)(=O)C1(C(N)=O)CNCCN1S(=O)(=O)c1nc(-c2ccccc2)cs1. The minimum absolute atomic E-state index is 0.181. The third kappa shape index (κ3) is 3.27. The maximum Gasteiger partial charge on any atom is 0.272 e. The number of sulfonamides is 1. The maximum atomic E-state index is 13.2. The van der Waals surface area contributed by atoms with Crippen molar-refractivity contribution in [2.45, 2.75) is 9.21 Å². The van der Waals surface area contributed by atoms with Gasteiger partial charge in [-0.3, -0.25) is 4.79 Å². The van der Waals surface area contributed by atoms with Gasteiger partial charge in [0.25, 0.3) is 15.9 Å². The highest BCUT2D eigenvalue weighted by atomic mass is 32.2. The van der Waals surface area contributed by atoms with Gasteiger partial charge in [0.05, 0.1) is 5.69 Å². The van der Waals surface area contributed by atoms with Crippen molar-refractivity contribution in [2.24, 2.45) is 5.73 Å². The molecule has 1 fully saturated rings. The number of carbonyl (C=O) groups excluding carboxylic acids is 1. The van der Waals surface area contributed by atoms with Crippen LogP contribution >= 0.6 is 11.3 Å². The molecule has 1 unspecified atom stereocenters. The Bertz CT molecular complexity index is 1070. The lowest BCUT2D eigenvalue weighted by Crippen LogP contribution is -2.71. The van der Waals surface area contributed by atoms with E-state index in [9.17, 15) is 21.6 Å². The van der Waals surface area contributed by atoms with Gasteiger partial charge in [0.1, 0.15) is 0 Å². The van der Waals surface area contributed by atoms with Gasteiger partial charge in [0, 0.05) is 36.8 Å². The molecule has 12 heteroatoms. The second kappa shape index (κ2) is 6.95. The highest BCUT2D eigenvalue weighted by Crippen LogP contribution is 2.33. The third-order valence-corrected chi connectivity index (χ3v) is 9.39. The van der Waals surface area contributed by atoms with Crippen LogP contribution in [0.4, 0.5) is 0 Å². The van der Waals surface area contributed by atoms with Crippen LogP contribution in [0.1, 0.15) is 0 Å². The maximum absolute atomic E-state index is 13.2.